The number of nitrogens with zero attached hydrogens (tertiary/aromatic N) is 3. The first kappa shape index (κ1) is 26.7. The molecule has 0 saturated carbocycles. The Morgan fingerprint density at radius 3 is 1.77 bits per heavy atom. The molecule has 0 atom stereocenters. The van der Waals surface area contributed by atoms with E-state index in [9.17, 15) is 0 Å². The van der Waals surface area contributed by atoms with Crippen molar-refractivity contribution in [3.8, 4) is 0 Å². The second-order valence-electron chi connectivity index (χ2n) is 12.3. The quantitative estimate of drug-likeness (QED) is 0.222. The maximum absolute atomic E-state index is 4.43. The number of para-hydroxylation sites is 3. The molecule has 3 nitrogen and oxygen atoms in total. The van der Waals surface area contributed by atoms with Gasteiger partial charge in [-0.2, -0.15) is 0 Å². The molecule has 4 heterocycles. The monoisotopic (exact) mass is 615 g/mol. The number of rotatable bonds is 3. The first-order valence-electron chi connectivity index (χ1n) is 16.1. The first-order valence-corrected chi connectivity index (χ1v) is 16.9. The fourth-order valence-electron chi connectivity index (χ4n) is 8.03. The highest BCUT2D eigenvalue weighted by Crippen LogP contribution is 2.46. The van der Waals surface area contributed by atoms with Crippen LogP contribution in [0, 0.1) is 0 Å². The summed E-state index contributed by atoms with van der Waals surface area (Å²) in [4.78, 5) is 12.1. The number of pyridine rings is 1. The lowest BCUT2D eigenvalue weighted by Crippen LogP contribution is -2.65. The lowest BCUT2D eigenvalue weighted by Gasteiger charge is -2.46. The second kappa shape index (κ2) is 10.5. The molecule has 0 bridgehead atoms. The standard InChI is InChI=1S/C41H27B2N3S/c1-3-13-28(14-4-1)42-31-17-7-10-20-34(31)45(29-15-5-2-6-16-29)36-27-38-40-41(39(36)42)46(30-23-25-44-26-24-30)35-21-11-8-18-32(35)43(40)33-19-9-12-22-37(33)47-38/h1-27H. The Hall–Kier alpha value is -5.45. The van der Waals surface area contributed by atoms with Gasteiger partial charge in [-0.15, -0.1) is 0 Å². The molecule has 0 spiro atoms. The van der Waals surface area contributed by atoms with Crippen molar-refractivity contribution in [3.63, 3.8) is 0 Å². The Balaban J connectivity index is 1.39. The van der Waals surface area contributed by atoms with Crippen LogP contribution in [-0.2, 0) is 0 Å². The van der Waals surface area contributed by atoms with Crippen LogP contribution in [0.5, 0.6) is 0 Å². The summed E-state index contributed by atoms with van der Waals surface area (Å²) in [7, 11) is 0. The summed E-state index contributed by atoms with van der Waals surface area (Å²) >= 11 is 1.90. The number of hydrogen-bond donors (Lipinski definition) is 0. The van der Waals surface area contributed by atoms with Crippen molar-refractivity contribution in [2.75, 3.05) is 9.80 Å². The molecule has 0 aliphatic carbocycles. The van der Waals surface area contributed by atoms with Crippen LogP contribution < -0.4 is 42.6 Å². The highest BCUT2D eigenvalue weighted by atomic mass is 32.2. The fraction of sp³-hybridized carbons (Fsp3) is 0. The maximum Gasteiger partial charge on any atom is 0.249 e. The minimum absolute atomic E-state index is 0.0279. The average molecular weight is 615 g/mol. The molecule has 47 heavy (non-hydrogen) atoms. The Morgan fingerprint density at radius 1 is 0.447 bits per heavy atom. The van der Waals surface area contributed by atoms with Crippen molar-refractivity contribution < 1.29 is 0 Å². The van der Waals surface area contributed by atoms with E-state index in [4.69, 9.17) is 0 Å². The molecule has 0 unspecified atom stereocenters. The normalized spacial score (nSPS) is 13.7. The minimum Gasteiger partial charge on any atom is -0.312 e. The van der Waals surface area contributed by atoms with Gasteiger partial charge in [0, 0.05) is 56.3 Å². The Morgan fingerprint density at radius 2 is 1.02 bits per heavy atom. The fourth-order valence-corrected chi connectivity index (χ4v) is 9.21. The van der Waals surface area contributed by atoms with Crippen LogP contribution in [0.2, 0.25) is 0 Å². The van der Waals surface area contributed by atoms with E-state index in [0.29, 0.717) is 0 Å². The number of fused-ring (bicyclic) bond motifs is 7. The van der Waals surface area contributed by atoms with E-state index in [1.165, 1.54) is 65.3 Å². The molecule has 0 amide bonds. The van der Waals surface area contributed by atoms with Crippen molar-refractivity contribution in [1.82, 2.24) is 4.98 Å². The van der Waals surface area contributed by atoms with Gasteiger partial charge in [0.1, 0.15) is 0 Å². The number of aromatic nitrogens is 1. The zero-order valence-electron chi connectivity index (χ0n) is 25.5. The third-order valence-electron chi connectivity index (χ3n) is 9.86. The van der Waals surface area contributed by atoms with E-state index in [1.807, 2.05) is 24.2 Å². The third kappa shape index (κ3) is 3.95. The second-order valence-corrected chi connectivity index (χ2v) is 13.4. The third-order valence-corrected chi connectivity index (χ3v) is 11.0. The van der Waals surface area contributed by atoms with Crippen LogP contribution in [0.15, 0.2) is 174 Å². The molecule has 3 aliphatic rings. The summed E-state index contributed by atoms with van der Waals surface area (Å²) in [5.74, 6) is 0. The number of hydrogen-bond acceptors (Lipinski definition) is 4. The first-order chi connectivity index (χ1) is 23.4. The zero-order valence-corrected chi connectivity index (χ0v) is 26.3. The Labute approximate surface area is 279 Å². The average Bonchev–Trinajstić information content (AvgIpc) is 3.14. The molecule has 0 fully saturated rings. The van der Waals surface area contributed by atoms with Gasteiger partial charge >= 0.3 is 0 Å². The summed E-state index contributed by atoms with van der Waals surface area (Å²) in [5, 5.41) is 0. The van der Waals surface area contributed by atoms with Crippen molar-refractivity contribution >= 4 is 92.1 Å². The highest BCUT2D eigenvalue weighted by molar-refractivity contribution is 8.00. The molecular formula is C41H27B2N3S. The van der Waals surface area contributed by atoms with Crippen LogP contribution in [-0.4, -0.2) is 18.4 Å². The summed E-state index contributed by atoms with van der Waals surface area (Å²) in [6, 6.07) is 55.7. The summed E-state index contributed by atoms with van der Waals surface area (Å²) < 4.78 is 0. The van der Waals surface area contributed by atoms with Crippen molar-refractivity contribution in [1.29, 1.82) is 0 Å². The number of anilines is 6. The van der Waals surface area contributed by atoms with E-state index in [2.05, 4.69) is 166 Å². The largest absolute Gasteiger partial charge is 0.312 e. The van der Waals surface area contributed by atoms with Gasteiger partial charge in [0.05, 0.1) is 0 Å². The minimum atomic E-state index is 0.0279. The van der Waals surface area contributed by atoms with E-state index >= 15 is 0 Å². The molecule has 3 aliphatic heterocycles. The van der Waals surface area contributed by atoms with Gasteiger partial charge in [0.2, 0.25) is 13.4 Å². The zero-order chi connectivity index (χ0) is 30.9. The number of benzene rings is 6. The summed E-state index contributed by atoms with van der Waals surface area (Å²) in [6.07, 6.45) is 3.83. The molecular weight excluding hydrogens is 588 g/mol. The van der Waals surface area contributed by atoms with Crippen LogP contribution in [0.1, 0.15) is 0 Å². The molecule has 0 N–H and O–H groups in total. The lowest BCUT2D eigenvalue weighted by molar-refractivity contribution is 1.22. The van der Waals surface area contributed by atoms with E-state index in [1.54, 1.807) is 0 Å². The summed E-state index contributed by atoms with van der Waals surface area (Å²) in [6.45, 7) is 0.149. The topological polar surface area (TPSA) is 19.4 Å². The van der Waals surface area contributed by atoms with Crippen LogP contribution in [0.25, 0.3) is 0 Å². The molecule has 0 saturated heterocycles. The van der Waals surface area contributed by atoms with Gasteiger partial charge in [0.25, 0.3) is 0 Å². The van der Waals surface area contributed by atoms with Gasteiger partial charge < -0.3 is 9.80 Å². The summed E-state index contributed by atoms with van der Waals surface area (Å²) in [5.41, 5.74) is 15.2. The van der Waals surface area contributed by atoms with Crippen molar-refractivity contribution in [3.05, 3.63) is 164 Å². The predicted octanol–water partition coefficient (Wildman–Crippen LogP) is 6.15. The predicted molar refractivity (Wildman–Crippen MR) is 200 cm³/mol. The molecule has 1 aromatic heterocycles. The molecule has 6 heteroatoms. The van der Waals surface area contributed by atoms with E-state index < -0.39 is 0 Å². The molecule has 218 valence electrons. The van der Waals surface area contributed by atoms with Crippen LogP contribution in [0.4, 0.5) is 34.1 Å². The van der Waals surface area contributed by atoms with Gasteiger partial charge in [-0.25, -0.2) is 0 Å². The Kier molecular flexibility index (Phi) is 6.00. The molecule has 0 radical (unpaired) electrons. The van der Waals surface area contributed by atoms with Gasteiger partial charge in [-0.05, 0) is 70.4 Å². The SMILES string of the molecule is c1ccc(B2c3ccccc3N(c3ccccc3)c3cc4c5c(c32)N(c2ccncc2)c2ccccc2B5c2ccccc2S4)cc1. The van der Waals surface area contributed by atoms with Crippen molar-refractivity contribution in [2.24, 2.45) is 0 Å². The van der Waals surface area contributed by atoms with E-state index in [0.717, 1.165) is 11.4 Å². The van der Waals surface area contributed by atoms with Gasteiger partial charge in [0.15, 0.2) is 0 Å². The Bertz CT molecular complexity index is 2310. The lowest BCUT2D eigenvalue weighted by atomic mass is 9.31. The van der Waals surface area contributed by atoms with Crippen LogP contribution >= 0.6 is 11.8 Å². The van der Waals surface area contributed by atoms with Gasteiger partial charge in [-0.1, -0.05) is 126 Å². The maximum atomic E-state index is 4.43. The molecule has 10 rings (SSSR count). The van der Waals surface area contributed by atoms with Crippen molar-refractivity contribution in [2.45, 2.75) is 9.79 Å². The smallest absolute Gasteiger partial charge is 0.249 e. The van der Waals surface area contributed by atoms with Gasteiger partial charge in [-0.3, -0.25) is 4.98 Å². The van der Waals surface area contributed by atoms with E-state index in [-0.39, 0.29) is 13.4 Å². The van der Waals surface area contributed by atoms with Crippen LogP contribution in [0.3, 0.4) is 0 Å². The molecule has 7 aromatic rings. The highest BCUT2D eigenvalue weighted by Gasteiger charge is 2.47. The molecule has 6 aromatic carbocycles.